The predicted molar refractivity (Wildman–Crippen MR) is 75.8 cm³/mol. The predicted octanol–water partition coefficient (Wildman–Crippen LogP) is 3.75. The topological polar surface area (TPSA) is 43.4 Å². The number of Topliss-reactive ketones (excluding diaryl/α,β-unsaturated/α-hetero) is 1. The highest BCUT2D eigenvalue weighted by atomic mass is 16.5. The Bertz CT molecular complexity index is 298. The van der Waals surface area contributed by atoms with E-state index in [4.69, 9.17) is 4.74 Å². The summed E-state index contributed by atoms with van der Waals surface area (Å²) in [5, 5.41) is 0. The van der Waals surface area contributed by atoms with Crippen LogP contribution in [0.1, 0.15) is 65.7 Å². The van der Waals surface area contributed by atoms with Crippen molar-refractivity contribution in [3.8, 4) is 0 Å². The highest BCUT2D eigenvalue weighted by molar-refractivity contribution is 6.01. The van der Waals surface area contributed by atoms with E-state index in [2.05, 4.69) is 13.8 Å². The van der Waals surface area contributed by atoms with Crippen LogP contribution in [0.25, 0.3) is 0 Å². The van der Waals surface area contributed by atoms with Crippen LogP contribution in [0, 0.1) is 17.8 Å². The maximum atomic E-state index is 12.4. The van der Waals surface area contributed by atoms with Crippen LogP contribution < -0.4 is 0 Å². The molecule has 3 atom stereocenters. The summed E-state index contributed by atoms with van der Waals surface area (Å²) in [6.07, 6.45) is 7.21. The molecule has 0 aliphatic heterocycles. The molecule has 3 nitrogen and oxygen atoms in total. The zero-order valence-corrected chi connectivity index (χ0v) is 12.6. The maximum Gasteiger partial charge on any atom is 0.316 e. The number of ether oxygens (including phenoxy) is 1. The molecule has 1 aliphatic rings. The zero-order chi connectivity index (χ0) is 14.3. The van der Waals surface area contributed by atoms with Gasteiger partial charge in [0.15, 0.2) is 0 Å². The van der Waals surface area contributed by atoms with E-state index >= 15 is 0 Å². The Morgan fingerprint density at radius 1 is 1.16 bits per heavy atom. The summed E-state index contributed by atoms with van der Waals surface area (Å²) in [5.41, 5.74) is 0. The van der Waals surface area contributed by atoms with Crippen LogP contribution in [0.15, 0.2) is 0 Å². The van der Waals surface area contributed by atoms with Gasteiger partial charge in [-0.25, -0.2) is 0 Å². The fourth-order valence-electron chi connectivity index (χ4n) is 3.12. The van der Waals surface area contributed by atoms with Crippen LogP contribution in [-0.4, -0.2) is 18.4 Å². The smallest absolute Gasteiger partial charge is 0.316 e. The van der Waals surface area contributed by atoms with Crippen LogP contribution in [-0.2, 0) is 14.3 Å². The molecule has 0 heterocycles. The molecule has 0 aromatic carbocycles. The van der Waals surface area contributed by atoms with E-state index < -0.39 is 5.92 Å². The molecule has 3 unspecified atom stereocenters. The molecule has 1 aliphatic carbocycles. The van der Waals surface area contributed by atoms with Crippen molar-refractivity contribution < 1.29 is 14.3 Å². The van der Waals surface area contributed by atoms with Gasteiger partial charge in [-0.15, -0.1) is 0 Å². The summed E-state index contributed by atoms with van der Waals surface area (Å²) in [6, 6.07) is 0. The largest absolute Gasteiger partial charge is 0.465 e. The first-order chi connectivity index (χ1) is 9.15. The van der Waals surface area contributed by atoms with E-state index in [0.29, 0.717) is 18.9 Å². The van der Waals surface area contributed by atoms with Crippen LogP contribution >= 0.6 is 0 Å². The van der Waals surface area contributed by atoms with E-state index in [1.54, 1.807) is 6.92 Å². The van der Waals surface area contributed by atoms with Crippen molar-refractivity contribution in [2.75, 3.05) is 6.61 Å². The van der Waals surface area contributed by atoms with Crippen molar-refractivity contribution in [1.29, 1.82) is 0 Å². The number of hydrogen-bond acceptors (Lipinski definition) is 3. The van der Waals surface area contributed by atoms with E-state index in [0.717, 1.165) is 38.5 Å². The molecule has 0 radical (unpaired) electrons. The molecule has 1 fully saturated rings. The molecule has 110 valence electrons. The van der Waals surface area contributed by atoms with Crippen molar-refractivity contribution in [2.45, 2.75) is 65.7 Å². The molecular formula is C16H28O3. The first-order valence-electron chi connectivity index (χ1n) is 7.85. The average molecular weight is 268 g/mol. The SMILES string of the molecule is CCCCC1CC(C(=O)OCC)C(=O)C1CCCC. The number of ketones is 1. The van der Waals surface area contributed by atoms with Gasteiger partial charge in [0.1, 0.15) is 11.7 Å². The molecule has 3 heteroatoms. The van der Waals surface area contributed by atoms with Crippen molar-refractivity contribution >= 4 is 11.8 Å². The summed E-state index contributed by atoms with van der Waals surface area (Å²) < 4.78 is 5.04. The lowest BCUT2D eigenvalue weighted by Crippen LogP contribution is -2.24. The highest BCUT2D eigenvalue weighted by Crippen LogP contribution is 2.39. The van der Waals surface area contributed by atoms with E-state index in [-0.39, 0.29) is 17.7 Å². The Labute approximate surface area is 117 Å². The molecular weight excluding hydrogens is 240 g/mol. The Balaban J connectivity index is 2.68. The number of rotatable bonds is 8. The fraction of sp³-hybridized carbons (Fsp3) is 0.875. The van der Waals surface area contributed by atoms with Gasteiger partial charge in [-0.2, -0.15) is 0 Å². The minimum Gasteiger partial charge on any atom is -0.465 e. The molecule has 1 saturated carbocycles. The third-order valence-electron chi connectivity index (χ3n) is 4.18. The number of hydrogen-bond donors (Lipinski definition) is 0. The highest BCUT2D eigenvalue weighted by Gasteiger charge is 2.45. The average Bonchev–Trinajstić information content (AvgIpc) is 2.71. The van der Waals surface area contributed by atoms with Crippen molar-refractivity contribution in [1.82, 2.24) is 0 Å². The Morgan fingerprint density at radius 3 is 2.37 bits per heavy atom. The molecule has 0 aromatic rings. The van der Waals surface area contributed by atoms with Gasteiger partial charge in [-0.1, -0.05) is 39.5 Å². The van der Waals surface area contributed by atoms with Gasteiger partial charge in [0.2, 0.25) is 0 Å². The van der Waals surface area contributed by atoms with Gasteiger partial charge in [-0.3, -0.25) is 9.59 Å². The van der Waals surface area contributed by atoms with Crippen LogP contribution in [0.4, 0.5) is 0 Å². The second-order valence-corrected chi connectivity index (χ2v) is 5.59. The van der Waals surface area contributed by atoms with Gasteiger partial charge in [0.25, 0.3) is 0 Å². The lowest BCUT2D eigenvalue weighted by molar-refractivity contribution is -0.150. The Hall–Kier alpha value is -0.860. The number of carbonyl (C=O) groups is 2. The lowest BCUT2D eigenvalue weighted by atomic mass is 9.87. The minimum absolute atomic E-state index is 0.0981. The van der Waals surface area contributed by atoms with Crippen molar-refractivity contribution in [2.24, 2.45) is 17.8 Å². The normalized spacial score (nSPS) is 26.7. The third-order valence-corrected chi connectivity index (χ3v) is 4.18. The standard InChI is InChI=1S/C16H28O3/c1-4-7-9-12-11-14(16(18)19-6-3)15(17)13(12)10-8-5-2/h12-14H,4-11H2,1-3H3. The summed E-state index contributed by atoms with van der Waals surface area (Å²) in [7, 11) is 0. The van der Waals surface area contributed by atoms with Gasteiger partial charge >= 0.3 is 5.97 Å². The number of unbranched alkanes of at least 4 members (excludes halogenated alkanes) is 2. The summed E-state index contributed by atoms with van der Waals surface area (Å²) >= 11 is 0. The third kappa shape index (κ3) is 4.32. The number of carbonyl (C=O) groups excluding carboxylic acids is 2. The molecule has 1 rings (SSSR count). The van der Waals surface area contributed by atoms with Gasteiger partial charge in [-0.05, 0) is 32.1 Å². The molecule has 0 bridgehead atoms. The van der Waals surface area contributed by atoms with Crippen LogP contribution in [0.2, 0.25) is 0 Å². The van der Waals surface area contributed by atoms with Gasteiger partial charge in [0.05, 0.1) is 6.61 Å². The van der Waals surface area contributed by atoms with Crippen LogP contribution in [0.5, 0.6) is 0 Å². The van der Waals surface area contributed by atoms with E-state index in [1.165, 1.54) is 0 Å². The molecule has 0 aromatic heterocycles. The van der Waals surface area contributed by atoms with Gasteiger partial charge < -0.3 is 4.74 Å². The molecule has 0 saturated heterocycles. The summed E-state index contributed by atoms with van der Waals surface area (Å²) in [4.78, 5) is 24.3. The Morgan fingerprint density at radius 2 is 1.79 bits per heavy atom. The summed E-state index contributed by atoms with van der Waals surface area (Å²) in [5.74, 6) is -0.140. The monoisotopic (exact) mass is 268 g/mol. The fourth-order valence-corrected chi connectivity index (χ4v) is 3.12. The maximum absolute atomic E-state index is 12.4. The zero-order valence-electron chi connectivity index (χ0n) is 12.6. The molecule has 0 spiro atoms. The molecule has 0 amide bonds. The second-order valence-electron chi connectivity index (χ2n) is 5.59. The Kier molecular flexibility index (Phi) is 7.11. The van der Waals surface area contributed by atoms with Gasteiger partial charge in [0, 0.05) is 5.92 Å². The first kappa shape index (κ1) is 16.2. The van der Waals surface area contributed by atoms with Crippen molar-refractivity contribution in [3.05, 3.63) is 0 Å². The minimum atomic E-state index is -0.483. The molecule has 0 N–H and O–H groups in total. The number of esters is 1. The molecule has 19 heavy (non-hydrogen) atoms. The van der Waals surface area contributed by atoms with E-state index in [9.17, 15) is 9.59 Å². The van der Waals surface area contributed by atoms with E-state index in [1.807, 2.05) is 0 Å². The van der Waals surface area contributed by atoms with Crippen molar-refractivity contribution in [3.63, 3.8) is 0 Å². The lowest BCUT2D eigenvalue weighted by Gasteiger charge is -2.17. The quantitative estimate of drug-likeness (QED) is 0.497. The first-order valence-corrected chi connectivity index (χ1v) is 7.85. The van der Waals surface area contributed by atoms with Crippen LogP contribution in [0.3, 0.4) is 0 Å². The second kappa shape index (κ2) is 8.34. The summed E-state index contributed by atoms with van der Waals surface area (Å²) in [6.45, 7) is 6.46.